The van der Waals surface area contributed by atoms with Crippen LogP contribution in [0.15, 0.2) is 24.3 Å². The van der Waals surface area contributed by atoms with Crippen LogP contribution >= 0.6 is 0 Å². The summed E-state index contributed by atoms with van der Waals surface area (Å²) in [7, 11) is 0. The number of rotatable bonds is 6. The maximum Gasteiger partial charge on any atom is 0.433 e. The van der Waals surface area contributed by atoms with E-state index in [0.29, 0.717) is 60.7 Å². The molecule has 1 saturated heterocycles. The molecular weight excluding hydrogens is 637 g/mol. The van der Waals surface area contributed by atoms with Crippen molar-refractivity contribution in [2.75, 3.05) is 0 Å². The normalized spacial score (nSPS) is 23.5. The van der Waals surface area contributed by atoms with Gasteiger partial charge >= 0.3 is 6.18 Å². The van der Waals surface area contributed by atoms with Crippen molar-refractivity contribution in [1.29, 1.82) is 0 Å². The Morgan fingerprint density at radius 3 is 2.47 bits per heavy atom. The van der Waals surface area contributed by atoms with Gasteiger partial charge in [-0.1, -0.05) is 18.9 Å². The van der Waals surface area contributed by atoms with E-state index in [-0.39, 0.29) is 59.8 Å². The van der Waals surface area contributed by atoms with Crippen molar-refractivity contribution in [2.45, 2.75) is 129 Å². The van der Waals surface area contributed by atoms with Crippen molar-refractivity contribution >= 4 is 34.2 Å². The summed E-state index contributed by atoms with van der Waals surface area (Å²) in [5, 5.41) is 5.23. The summed E-state index contributed by atoms with van der Waals surface area (Å²) in [6, 6.07) is 4.77. The van der Waals surface area contributed by atoms with Gasteiger partial charge in [0.2, 0.25) is 5.91 Å². The first-order valence-corrected chi connectivity index (χ1v) is 17.3. The highest BCUT2D eigenvalue weighted by molar-refractivity contribution is 6.06. The number of piperidine rings is 1. The third-order valence-electron chi connectivity index (χ3n) is 10.4. The molecule has 2 aromatic heterocycles. The van der Waals surface area contributed by atoms with Crippen LogP contribution in [-0.2, 0) is 39.9 Å². The number of pyridine rings is 1. The molecule has 0 unspecified atom stereocenters. The molecule has 3 atom stereocenters. The van der Waals surface area contributed by atoms with Crippen molar-refractivity contribution < 1.29 is 37.1 Å². The van der Waals surface area contributed by atoms with Crippen LogP contribution < -0.4 is 4.74 Å². The van der Waals surface area contributed by atoms with Crippen LogP contribution in [0.25, 0.3) is 10.9 Å². The zero-order valence-electron chi connectivity index (χ0n) is 28.5. The van der Waals surface area contributed by atoms with Crippen LogP contribution in [0, 0.1) is 12.3 Å². The van der Waals surface area contributed by atoms with E-state index in [0.717, 1.165) is 37.3 Å². The Balaban J connectivity index is 1.38. The quantitative estimate of drug-likeness (QED) is 0.264. The molecule has 0 radical (unpaired) electrons. The standard InChI is InChI=1S/C37H43F3N4O5/c1-21(2)49-26-15-24-9-7-5-6-8-10-25(46)13-14-36-18-29(30(47)17-28-22(3)11-12-31(41-28)37(38,39)40)44(32(36)19-36)33(48)20-43-35(24)27(16-26)34(42-43)23(4)45/h11-12,15-16,21,29,32H,5-10,13-14,17-20H2,1-4H3/t29-,32+,36-/m0/s1. The Morgan fingerprint density at radius 2 is 1.78 bits per heavy atom. The van der Waals surface area contributed by atoms with E-state index in [2.05, 4.69) is 10.1 Å². The Hall–Kier alpha value is -4.09. The second kappa shape index (κ2) is 13.3. The molecule has 2 fully saturated rings. The third-order valence-corrected chi connectivity index (χ3v) is 10.4. The summed E-state index contributed by atoms with van der Waals surface area (Å²) < 4.78 is 48.0. The van der Waals surface area contributed by atoms with Gasteiger partial charge in [-0.05, 0) is 94.0 Å². The molecule has 3 aromatic rings. The van der Waals surface area contributed by atoms with Crippen LogP contribution in [0.1, 0.15) is 112 Å². The van der Waals surface area contributed by atoms with Crippen LogP contribution in [0.2, 0.25) is 0 Å². The molecule has 0 N–H and O–H groups in total. The van der Waals surface area contributed by atoms with E-state index in [9.17, 15) is 32.3 Å². The number of amides is 1. The second-order valence-electron chi connectivity index (χ2n) is 14.4. The molecule has 12 heteroatoms. The first kappa shape index (κ1) is 34.8. The van der Waals surface area contributed by atoms with Gasteiger partial charge in [0, 0.05) is 31.2 Å². The van der Waals surface area contributed by atoms with Crippen molar-refractivity contribution in [2.24, 2.45) is 5.41 Å². The number of aromatic nitrogens is 3. The van der Waals surface area contributed by atoms with Gasteiger partial charge in [-0.25, -0.2) is 4.98 Å². The highest BCUT2D eigenvalue weighted by Gasteiger charge is 2.66. The van der Waals surface area contributed by atoms with E-state index in [1.54, 1.807) is 22.6 Å². The minimum atomic E-state index is -4.66. The molecule has 1 saturated carbocycles. The SMILES string of the molecule is CC(=O)c1nn2c3c(cc(OC(C)C)cc13)CCCCCCC(=O)CC[C@@]13C[C@@H](C(=O)Cc4nc(C(F)(F)F)ccc4C)N(C(=O)C2)[C@@H]1C3. The molecule has 3 aliphatic rings. The lowest BCUT2D eigenvalue weighted by Gasteiger charge is -2.27. The summed E-state index contributed by atoms with van der Waals surface area (Å²) in [6.45, 7) is 6.65. The predicted molar refractivity (Wildman–Crippen MR) is 175 cm³/mol. The fraction of sp³-hybridized carbons (Fsp3) is 0.568. The van der Waals surface area contributed by atoms with Gasteiger partial charge in [0.1, 0.15) is 29.5 Å². The number of alkyl halides is 3. The molecule has 4 heterocycles. The average molecular weight is 681 g/mol. The maximum absolute atomic E-state index is 14.4. The zero-order valence-corrected chi connectivity index (χ0v) is 28.5. The number of benzene rings is 1. The molecule has 1 amide bonds. The number of halogens is 3. The smallest absolute Gasteiger partial charge is 0.433 e. The lowest BCUT2D eigenvalue weighted by atomic mass is 9.89. The van der Waals surface area contributed by atoms with Gasteiger partial charge in [0.25, 0.3) is 0 Å². The Bertz CT molecular complexity index is 1820. The largest absolute Gasteiger partial charge is 0.491 e. The van der Waals surface area contributed by atoms with Crippen LogP contribution in [0.3, 0.4) is 0 Å². The Morgan fingerprint density at radius 1 is 1.04 bits per heavy atom. The van der Waals surface area contributed by atoms with E-state index >= 15 is 0 Å². The topological polar surface area (TPSA) is 111 Å². The molecule has 49 heavy (non-hydrogen) atoms. The highest BCUT2D eigenvalue weighted by atomic mass is 19.4. The fourth-order valence-corrected chi connectivity index (χ4v) is 7.81. The number of hydrogen-bond acceptors (Lipinski definition) is 7. The summed E-state index contributed by atoms with van der Waals surface area (Å²) >= 11 is 0. The number of carbonyl (C=O) groups is 4. The number of nitrogens with zero attached hydrogens (tertiary/aromatic N) is 4. The molecule has 2 bridgehead atoms. The maximum atomic E-state index is 14.4. The van der Waals surface area contributed by atoms with Crippen molar-refractivity contribution in [1.82, 2.24) is 19.7 Å². The van der Waals surface area contributed by atoms with Crippen molar-refractivity contribution in [3.05, 3.63) is 52.5 Å². The van der Waals surface area contributed by atoms with E-state index in [1.165, 1.54) is 13.0 Å². The molecule has 6 rings (SSSR count). The van der Waals surface area contributed by atoms with E-state index in [1.807, 2.05) is 19.9 Å². The lowest BCUT2D eigenvalue weighted by Crippen LogP contribution is -2.45. The molecule has 9 nitrogen and oxygen atoms in total. The van der Waals surface area contributed by atoms with E-state index in [4.69, 9.17) is 4.74 Å². The van der Waals surface area contributed by atoms with Crippen molar-refractivity contribution in [3.63, 3.8) is 0 Å². The molecule has 2 aliphatic heterocycles. The van der Waals surface area contributed by atoms with Gasteiger partial charge in [-0.2, -0.15) is 18.3 Å². The number of carbonyl (C=O) groups excluding carboxylic acids is 4. The van der Waals surface area contributed by atoms with Crippen LogP contribution in [-0.4, -0.2) is 61.1 Å². The fourth-order valence-electron chi connectivity index (χ4n) is 7.81. The molecular formula is C37H43F3N4O5. The minimum Gasteiger partial charge on any atom is -0.491 e. The number of Topliss-reactive ketones (excluding diaryl/α,β-unsaturated/α-hetero) is 3. The molecule has 1 aromatic carbocycles. The van der Waals surface area contributed by atoms with Crippen molar-refractivity contribution in [3.8, 4) is 5.75 Å². The van der Waals surface area contributed by atoms with Gasteiger partial charge in [-0.3, -0.25) is 23.9 Å². The number of hydrogen-bond donors (Lipinski definition) is 0. The summed E-state index contributed by atoms with van der Waals surface area (Å²) in [4.78, 5) is 59.4. The molecule has 1 aliphatic carbocycles. The highest BCUT2D eigenvalue weighted by Crippen LogP contribution is 2.62. The van der Waals surface area contributed by atoms with Gasteiger partial charge in [-0.15, -0.1) is 0 Å². The summed E-state index contributed by atoms with van der Waals surface area (Å²) in [6.07, 6.45) is 1.33. The van der Waals surface area contributed by atoms with Crippen LogP contribution in [0.4, 0.5) is 13.2 Å². The number of ketones is 3. The predicted octanol–water partition coefficient (Wildman–Crippen LogP) is 6.78. The van der Waals surface area contributed by atoms with Crippen LogP contribution in [0.5, 0.6) is 5.75 Å². The lowest BCUT2D eigenvalue weighted by molar-refractivity contribution is -0.141. The minimum absolute atomic E-state index is 0.0275. The first-order chi connectivity index (χ1) is 23.2. The van der Waals surface area contributed by atoms with Gasteiger partial charge in [0.05, 0.1) is 29.8 Å². The first-order valence-electron chi connectivity index (χ1n) is 17.3. The Kier molecular flexibility index (Phi) is 9.45. The zero-order chi connectivity index (χ0) is 35.2. The van der Waals surface area contributed by atoms with E-state index < -0.39 is 23.3 Å². The summed E-state index contributed by atoms with van der Waals surface area (Å²) in [5.74, 6) is -0.233. The average Bonchev–Trinajstić information content (AvgIpc) is 3.43. The molecule has 0 spiro atoms. The molecule has 262 valence electrons. The Labute approximate surface area is 283 Å². The van der Waals surface area contributed by atoms with Gasteiger partial charge < -0.3 is 9.64 Å². The monoisotopic (exact) mass is 680 g/mol. The number of ether oxygens (including phenoxy) is 1. The van der Waals surface area contributed by atoms with Gasteiger partial charge in [0.15, 0.2) is 11.6 Å². The third kappa shape index (κ3) is 7.14. The summed E-state index contributed by atoms with van der Waals surface area (Å²) in [5.41, 5.74) is 0.796. The number of aryl methyl sites for hydroxylation is 2. The second-order valence-corrected chi connectivity index (χ2v) is 14.4.